The van der Waals surface area contributed by atoms with Gasteiger partial charge in [0, 0.05) is 9.58 Å². The zero-order valence-corrected chi connectivity index (χ0v) is 10.3. The summed E-state index contributed by atoms with van der Waals surface area (Å²) in [4.78, 5) is 1.14. The van der Waals surface area contributed by atoms with Gasteiger partial charge in [0.05, 0.1) is 6.04 Å². The summed E-state index contributed by atoms with van der Waals surface area (Å²) in [5, 5.41) is 1.24. The van der Waals surface area contributed by atoms with Crippen LogP contribution in [0.1, 0.15) is 22.4 Å². The fraction of sp³-hybridized carbons (Fsp3) is 0.143. The summed E-state index contributed by atoms with van der Waals surface area (Å²) in [6.45, 7) is 1.93. The summed E-state index contributed by atoms with van der Waals surface area (Å²) in [7, 11) is 0. The minimum Gasteiger partial charge on any atom is -0.464 e. The molecule has 1 unspecified atom stereocenters. The molecule has 3 heteroatoms. The first-order chi connectivity index (χ1) is 8.24. The Labute approximate surface area is 104 Å². The molecule has 0 fully saturated rings. The summed E-state index contributed by atoms with van der Waals surface area (Å²) in [5.74, 6) is 1.73. The van der Waals surface area contributed by atoms with Crippen molar-refractivity contribution in [1.29, 1.82) is 0 Å². The van der Waals surface area contributed by atoms with Gasteiger partial charge < -0.3 is 10.2 Å². The average molecular weight is 243 g/mol. The molecule has 0 saturated heterocycles. The van der Waals surface area contributed by atoms with Crippen LogP contribution in [0, 0.1) is 6.92 Å². The highest BCUT2D eigenvalue weighted by Crippen LogP contribution is 2.32. The number of thiophene rings is 1. The van der Waals surface area contributed by atoms with E-state index in [4.69, 9.17) is 10.2 Å². The lowest BCUT2D eigenvalue weighted by molar-refractivity contribution is 0.468. The normalized spacial score (nSPS) is 13.1. The molecule has 0 aliphatic rings. The number of aryl methyl sites for hydroxylation is 1. The number of rotatable bonds is 2. The maximum absolute atomic E-state index is 6.21. The smallest absolute Gasteiger partial charge is 0.126 e. The van der Waals surface area contributed by atoms with E-state index in [-0.39, 0.29) is 6.04 Å². The molecule has 1 aromatic carbocycles. The maximum atomic E-state index is 6.21. The van der Waals surface area contributed by atoms with E-state index in [0.717, 1.165) is 16.4 Å². The SMILES string of the molecule is Cc1ccc(C(N)c2cc3ccccc3s2)o1. The van der Waals surface area contributed by atoms with Crippen molar-refractivity contribution in [2.45, 2.75) is 13.0 Å². The Kier molecular flexibility index (Phi) is 2.50. The molecular formula is C14H13NOS. The van der Waals surface area contributed by atoms with Gasteiger partial charge in [-0.05, 0) is 36.6 Å². The highest BCUT2D eigenvalue weighted by molar-refractivity contribution is 7.19. The second-order valence-electron chi connectivity index (χ2n) is 4.11. The summed E-state index contributed by atoms with van der Waals surface area (Å²) in [6.07, 6.45) is 0. The van der Waals surface area contributed by atoms with E-state index < -0.39 is 0 Å². The van der Waals surface area contributed by atoms with Crippen molar-refractivity contribution in [3.8, 4) is 0 Å². The van der Waals surface area contributed by atoms with Crippen LogP contribution in [0.2, 0.25) is 0 Å². The van der Waals surface area contributed by atoms with E-state index in [1.165, 1.54) is 10.1 Å². The molecule has 17 heavy (non-hydrogen) atoms. The number of fused-ring (bicyclic) bond motifs is 1. The third kappa shape index (κ3) is 1.88. The van der Waals surface area contributed by atoms with Crippen LogP contribution >= 0.6 is 11.3 Å². The first-order valence-electron chi connectivity index (χ1n) is 5.54. The van der Waals surface area contributed by atoms with Crippen LogP contribution in [-0.2, 0) is 0 Å². The first-order valence-corrected chi connectivity index (χ1v) is 6.36. The molecule has 0 aliphatic heterocycles. The average Bonchev–Trinajstić information content (AvgIpc) is 2.93. The predicted octanol–water partition coefficient (Wildman–Crippen LogP) is 3.85. The van der Waals surface area contributed by atoms with Gasteiger partial charge in [0.25, 0.3) is 0 Å². The van der Waals surface area contributed by atoms with E-state index in [9.17, 15) is 0 Å². The van der Waals surface area contributed by atoms with Crippen LogP contribution < -0.4 is 5.73 Å². The predicted molar refractivity (Wildman–Crippen MR) is 71.3 cm³/mol. The number of furan rings is 1. The summed E-state index contributed by atoms with van der Waals surface area (Å²) in [6, 6.07) is 14.2. The molecule has 2 aromatic heterocycles. The number of hydrogen-bond acceptors (Lipinski definition) is 3. The molecule has 2 nitrogen and oxygen atoms in total. The van der Waals surface area contributed by atoms with E-state index in [0.29, 0.717) is 0 Å². The summed E-state index contributed by atoms with van der Waals surface area (Å²) >= 11 is 1.72. The second kappa shape index (κ2) is 4.02. The van der Waals surface area contributed by atoms with E-state index >= 15 is 0 Å². The van der Waals surface area contributed by atoms with Crippen LogP contribution in [0.5, 0.6) is 0 Å². The van der Waals surface area contributed by atoms with Crippen LogP contribution in [0.25, 0.3) is 10.1 Å². The molecule has 1 atom stereocenters. The maximum Gasteiger partial charge on any atom is 0.126 e. The van der Waals surface area contributed by atoms with Gasteiger partial charge in [-0.1, -0.05) is 18.2 Å². The third-order valence-corrected chi connectivity index (χ3v) is 4.02. The molecule has 0 spiro atoms. The Bertz CT molecular complexity index is 620. The Balaban J connectivity index is 2.03. The van der Waals surface area contributed by atoms with Gasteiger partial charge in [0.15, 0.2) is 0 Å². The summed E-state index contributed by atoms with van der Waals surface area (Å²) in [5.41, 5.74) is 6.21. The Hall–Kier alpha value is -1.58. The lowest BCUT2D eigenvalue weighted by Gasteiger charge is -2.04. The molecule has 0 saturated carbocycles. The van der Waals surface area contributed by atoms with Crippen molar-refractivity contribution in [2.75, 3.05) is 0 Å². The standard InChI is InChI=1S/C14H13NOS/c1-9-6-7-11(16-9)14(15)13-8-10-4-2-3-5-12(10)17-13/h2-8,14H,15H2,1H3. The molecule has 0 bridgehead atoms. The van der Waals surface area contributed by atoms with Gasteiger partial charge in [0.1, 0.15) is 11.5 Å². The van der Waals surface area contributed by atoms with Crippen molar-refractivity contribution < 1.29 is 4.42 Å². The van der Waals surface area contributed by atoms with Crippen molar-refractivity contribution in [3.05, 3.63) is 58.9 Å². The lowest BCUT2D eigenvalue weighted by Crippen LogP contribution is -2.08. The summed E-state index contributed by atoms with van der Waals surface area (Å²) < 4.78 is 6.84. The quantitative estimate of drug-likeness (QED) is 0.742. The molecule has 86 valence electrons. The molecule has 2 N–H and O–H groups in total. The second-order valence-corrected chi connectivity index (χ2v) is 5.23. The van der Waals surface area contributed by atoms with Crippen LogP contribution in [-0.4, -0.2) is 0 Å². The van der Waals surface area contributed by atoms with Gasteiger partial charge in [-0.3, -0.25) is 0 Å². The van der Waals surface area contributed by atoms with Crippen LogP contribution in [0.4, 0.5) is 0 Å². The van der Waals surface area contributed by atoms with Crippen LogP contribution in [0.3, 0.4) is 0 Å². The molecule has 0 amide bonds. The van der Waals surface area contributed by atoms with E-state index in [2.05, 4.69) is 18.2 Å². The minimum atomic E-state index is -0.166. The van der Waals surface area contributed by atoms with Crippen molar-refractivity contribution in [3.63, 3.8) is 0 Å². The topological polar surface area (TPSA) is 39.2 Å². The van der Waals surface area contributed by atoms with Crippen molar-refractivity contribution in [2.24, 2.45) is 5.73 Å². The highest BCUT2D eigenvalue weighted by atomic mass is 32.1. The molecule has 3 aromatic rings. The molecular weight excluding hydrogens is 230 g/mol. The Morgan fingerprint density at radius 1 is 1.18 bits per heavy atom. The molecule has 0 aliphatic carbocycles. The van der Waals surface area contributed by atoms with Gasteiger partial charge in [-0.25, -0.2) is 0 Å². The Morgan fingerprint density at radius 2 is 2.00 bits per heavy atom. The van der Waals surface area contributed by atoms with Gasteiger partial charge in [0.2, 0.25) is 0 Å². The zero-order chi connectivity index (χ0) is 11.8. The highest BCUT2D eigenvalue weighted by Gasteiger charge is 2.15. The minimum absolute atomic E-state index is 0.166. The molecule has 0 radical (unpaired) electrons. The third-order valence-electron chi connectivity index (χ3n) is 2.82. The van der Waals surface area contributed by atoms with Crippen molar-refractivity contribution in [1.82, 2.24) is 0 Å². The van der Waals surface area contributed by atoms with E-state index in [1.54, 1.807) is 11.3 Å². The van der Waals surface area contributed by atoms with Gasteiger partial charge in [-0.15, -0.1) is 11.3 Å². The van der Waals surface area contributed by atoms with Crippen molar-refractivity contribution >= 4 is 21.4 Å². The fourth-order valence-electron chi connectivity index (χ4n) is 1.92. The zero-order valence-electron chi connectivity index (χ0n) is 9.51. The molecule has 3 rings (SSSR count). The van der Waals surface area contributed by atoms with E-state index in [1.807, 2.05) is 31.2 Å². The monoisotopic (exact) mass is 243 g/mol. The van der Waals surface area contributed by atoms with Gasteiger partial charge in [-0.2, -0.15) is 0 Å². The fourth-order valence-corrected chi connectivity index (χ4v) is 2.99. The number of benzene rings is 1. The largest absolute Gasteiger partial charge is 0.464 e. The lowest BCUT2D eigenvalue weighted by atomic mass is 10.2. The first kappa shape index (κ1) is 10.6. The van der Waals surface area contributed by atoms with Gasteiger partial charge >= 0.3 is 0 Å². The number of hydrogen-bond donors (Lipinski definition) is 1. The number of nitrogens with two attached hydrogens (primary N) is 1. The van der Waals surface area contributed by atoms with Crippen LogP contribution in [0.15, 0.2) is 46.9 Å². The Morgan fingerprint density at radius 3 is 2.71 bits per heavy atom. The molecule has 2 heterocycles.